The van der Waals surface area contributed by atoms with E-state index in [1.54, 1.807) is 0 Å². The van der Waals surface area contributed by atoms with Crippen molar-refractivity contribution in [2.24, 2.45) is 0 Å². The van der Waals surface area contributed by atoms with Crippen LogP contribution in [0.4, 0.5) is 11.4 Å². The Morgan fingerprint density at radius 2 is 1.76 bits per heavy atom. The number of carbonyl (C=O) groups is 2. The van der Waals surface area contributed by atoms with Crippen molar-refractivity contribution in [2.75, 3.05) is 23.3 Å². The molecule has 0 aromatic heterocycles. The Bertz CT molecular complexity index is 829. The number of piperidine rings is 1. The fourth-order valence-corrected chi connectivity index (χ4v) is 3.60. The standard InChI is InChI=1S/C24H31N3O2/c1-3-18(2)25-24(29)21-17-20(12-13-22(21)27-14-8-5-9-15-27)26-23(28)16-19-10-6-4-7-11-19/h4,6-7,10-13,17-18H,3,5,8-9,14-16H2,1-2H3,(H,25,29)(H,26,28). The number of nitrogens with zero attached hydrogens (tertiary/aromatic N) is 1. The van der Waals surface area contributed by atoms with Crippen molar-refractivity contribution in [3.05, 3.63) is 59.7 Å². The molecule has 0 aliphatic carbocycles. The van der Waals surface area contributed by atoms with Crippen LogP contribution in [0.1, 0.15) is 55.5 Å². The third-order valence-electron chi connectivity index (χ3n) is 5.42. The van der Waals surface area contributed by atoms with Gasteiger partial charge in [0.2, 0.25) is 5.91 Å². The van der Waals surface area contributed by atoms with Crippen LogP contribution in [0.15, 0.2) is 48.5 Å². The summed E-state index contributed by atoms with van der Waals surface area (Å²) < 4.78 is 0. The monoisotopic (exact) mass is 393 g/mol. The molecule has 1 aliphatic heterocycles. The number of amides is 2. The van der Waals surface area contributed by atoms with Gasteiger partial charge in [-0.1, -0.05) is 37.3 Å². The molecule has 1 aliphatic rings. The largest absolute Gasteiger partial charge is 0.371 e. The molecule has 2 aromatic rings. The van der Waals surface area contributed by atoms with Crippen molar-refractivity contribution in [3.8, 4) is 0 Å². The average molecular weight is 394 g/mol. The number of rotatable bonds is 7. The van der Waals surface area contributed by atoms with Gasteiger partial charge < -0.3 is 15.5 Å². The molecule has 5 nitrogen and oxygen atoms in total. The summed E-state index contributed by atoms with van der Waals surface area (Å²) >= 11 is 0. The number of anilines is 2. The number of hydrogen-bond acceptors (Lipinski definition) is 3. The molecule has 0 saturated carbocycles. The minimum absolute atomic E-state index is 0.0842. The topological polar surface area (TPSA) is 61.4 Å². The molecular formula is C24H31N3O2. The zero-order chi connectivity index (χ0) is 20.6. The Labute approximate surface area is 173 Å². The van der Waals surface area contributed by atoms with Crippen LogP contribution < -0.4 is 15.5 Å². The van der Waals surface area contributed by atoms with Crippen LogP contribution in [-0.4, -0.2) is 30.9 Å². The van der Waals surface area contributed by atoms with E-state index in [1.165, 1.54) is 6.42 Å². The summed E-state index contributed by atoms with van der Waals surface area (Å²) in [5.74, 6) is -0.172. The Morgan fingerprint density at radius 3 is 2.45 bits per heavy atom. The van der Waals surface area contributed by atoms with Crippen molar-refractivity contribution in [1.29, 1.82) is 0 Å². The molecule has 3 rings (SSSR count). The van der Waals surface area contributed by atoms with Crippen molar-refractivity contribution < 1.29 is 9.59 Å². The van der Waals surface area contributed by atoms with E-state index in [9.17, 15) is 9.59 Å². The Balaban J connectivity index is 1.80. The fraction of sp³-hybridized carbons (Fsp3) is 0.417. The maximum absolute atomic E-state index is 13.0. The van der Waals surface area contributed by atoms with E-state index < -0.39 is 0 Å². The fourth-order valence-electron chi connectivity index (χ4n) is 3.60. The van der Waals surface area contributed by atoms with Gasteiger partial charge >= 0.3 is 0 Å². The predicted molar refractivity (Wildman–Crippen MR) is 119 cm³/mol. The van der Waals surface area contributed by atoms with Gasteiger partial charge in [-0.15, -0.1) is 0 Å². The quantitative estimate of drug-likeness (QED) is 0.734. The molecule has 0 spiro atoms. The highest BCUT2D eigenvalue weighted by molar-refractivity contribution is 6.02. The molecule has 0 bridgehead atoms. The third-order valence-corrected chi connectivity index (χ3v) is 5.42. The van der Waals surface area contributed by atoms with Gasteiger partial charge in [0.15, 0.2) is 0 Å². The molecule has 5 heteroatoms. The van der Waals surface area contributed by atoms with Crippen LogP contribution in [0, 0.1) is 0 Å². The predicted octanol–water partition coefficient (Wildman–Crippen LogP) is 4.39. The highest BCUT2D eigenvalue weighted by atomic mass is 16.2. The molecule has 1 saturated heterocycles. The van der Waals surface area contributed by atoms with Gasteiger partial charge in [-0.05, 0) is 56.4 Å². The van der Waals surface area contributed by atoms with Crippen LogP contribution in [0.5, 0.6) is 0 Å². The normalized spacial score (nSPS) is 14.9. The summed E-state index contributed by atoms with van der Waals surface area (Å²) in [6.45, 7) is 5.98. The lowest BCUT2D eigenvalue weighted by Crippen LogP contribution is -2.35. The van der Waals surface area contributed by atoms with Crippen LogP contribution in [0.2, 0.25) is 0 Å². The second kappa shape index (κ2) is 10.1. The van der Waals surface area contributed by atoms with Gasteiger partial charge in [-0.3, -0.25) is 9.59 Å². The van der Waals surface area contributed by atoms with Gasteiger partial charge in [-0.25, -0.2) is 0 Å². The Hall–Kier alpha value is -2.82. The molecule has 1 fully saturated rings. The van der Waals surface area contributed by atoms with E-state index in [0.717, 1.165) is 43.6 Å². The van der Waals surface area contributed by atoms with E-state index >= 15 is 0 Å². The first-order chi connectivity index (χ1) is 14.1. The summed E-state index contributed by atoms with van der Waals surface area (Å²) in [6.07, 6.45) is 4.70. The maximum Gasteiger partial charge on any atom is 0.253 e. The van der Waals surface area contributed by atoms with Gasteiger partial charge in [0.05, 0.1) is 12.0 Å². The highest BCUT2D eigenvalue weighted by Crippen LogP contribution is 2.27. The lowest BCUT2D eigenvalue weighted by atomic mass is 10.0. The van der Waals surface area contributed by atoms with Crippen molar-refractivity contribution in [1.82, 2.24) is 5.32 Å². The molecule has 2 amide bonds. The molecule has 1 heterocycles. The molecule has 1 atom stereocenters. The SMILES string of the molecule is CCC(C)NC(=O)c1cc(NC(=O)Cc2ccccc2)ccc1N1CCCCC1. The molecule has 0 radical (unpaired) electrons. The van der Waals surface area contributed by atoms with Gasteiger partial charge in [-0.2, -0.15) is 0 Å². The smallest absolute Gasteiger partial charge is 0.253 e. The van der Waals surface area contributed by atoms with E-state index in [1.807, 2.05) is 55.5 Å². The number of carbonyl (C=O) groups excluding carboxylic acids is 2. The summed E-state index contributed by atoms with van der Waals surface area (Å²) in [5, 5.41) is 6.01. The second-order valence-electron chi connectivity index (χ2n) is 7.77. The second-order valence-corrected chi connectivity index (χ2v) is 7.77. The lowest BCUT2D eigenvalue weighted by molar-refractivity contribution is -0.115. The molecule has 29 heavy (non-hydrogen) atoms. The maximum atomic E-state index is 13.0. The highest BCUT2D eigenvalue weighted by Gasteiger charge is 2.20. The molecule has 154 valence electrons. The first-order valence-corrected chi connectivity index (χ1v) is 10.6. The first kappa shape index (κ1) is 20.9. The van der Waals surface area contributed by atoms with E-state index in [0.29, 0.717) is 17.7 Å². The van der Waals surface area contributed by atoms with Crippen molar-refractivity contribution in [2.45, 2.75) is 52.0 Å². The van der Waals surface area contributed by atoms with Gasteiger partial charge in [0.25, 0.3) is 5.91 Å². The summed E-state index contributed by atoms with van der Waals surface area (Å²) in [5.41, 5.74) is 3.20. The summed E-state index contributed by atoms with van der Waals surface area (Å²) in [4.78, 5) is 27.7. The summed E-state index contributed by atoms with van der Waals surface area (Å²) in [7, 11) is 0. The lowest BCUT2D eigenvalue weighted by Gasteiger charge is -2.31. The zero-order valence-electron chi connectivity index (χ0n) is 17.4. The molecule has 2 aromatic carbocycles. The first-order valence-electron chi connectivity index (χ1n) is 10.6. The minimum atomic E-state index is -0.0878. The van der Waals surface area contributed by atoms with Gasteiger partial charge in [0, 0.05) is 30.5 Å². The van der Waals surface area contributed by atoms with E-state index in [2.05, 4.69) is 22.5 Å². The average Bonchev–Trinajstić information content (AvgIpc) is 2.74. The molecular weight excluding hydrogens is 362 g/mol. The number of nitrogens with one attached hydrogen (secondary N) is 2. The van der Waals surface area contributed by atoms with Crippen LogP contribution in [0.25, 0.3) is 0 Å². The third kappa shape index (κ3) is 5.83. The molecule has 2 N–H and O–H groups in total. The van der Waals surface area contributed by atoms with Crippen molar-refractivity contribution >= 4 is 23.2 Å². The van der Waals surface area contributed by atoms with E-state index in [4.69, 9.17) is 0 Å². The summed E-state index contributed by atoms with van der Waals surface area (Å²) in [6, 6.07) is 15.4. The minimum Gasteiger partial charge on any atom is -0.371 e. The van der Waals surface area contributed by atoms with Crippen LogP contribution in [-0.2, 0) is 11.2 Å². The molecule has 1 unspecified atom stereocenters. The number of hydrogen-bond donors (Lipinski definition) is 2. The Kier molecular flexibility index (Phi) is 7.28. The van der Waals surface area contributed by atoms with Crippen LogP contribution in [0.3, 0.4) is 0 Å². The Morgan fingerprint density at radius 1 is 1.03 bits per heavy atom. The zero-order valence-corrected chi connectivity index (χ0v) is 17.4. The van der Waals surface area contributed by atoms with Crippen molar-refractivity contribution in [3.63, 3.8) is 0 Å². The number of benzene rings is 2. The van der Waals surface area contributed by atoms with Crippen LogP contribution >= 0.6 is 0 Å². The van der Waals surface area contributed by atoms with E-state index in [-0.39, 0.29) is 17.9 Å². The van der Waals surface area contributed by atoms with Gasteiger partial charge in [0.1, 0.15) is 0 Å².